The van der Waals surface area contributed by atoms with Gasteiger partial charge in [-0.15, -0.1) is 0 Å². The van der Waals surface area contributed by atoms with Crippen molar-refractivity contribution >= 4 is 50.3 Å². The van der Waals surface area contributed by atoms with Crippen molar-refractivity contribution in [2.24, 2.45) is 0 Å². The Labute approximate surface area is 245 Å². The van der Waals surface area contributed by atoms with Gasteiger partial charge in [0.25, 0.3) is 15.9 Å². The Bertz CT molecular complexity index is 1730. The summed E-state index contributed by atoms with van der Waals surface area (Å²) in [6, 6.07) is 11.2. The molecule has 3 heterocycles. The van der Waals surface area contributed by atoms with E-state index in [4.69, 9.17) is 9.47 Å². The third kappa shape index (κ3) is 6.19. The number of rotatable bonds is 9. The summed E-state index contributed by atoms with van der Waals surface area (Å²) >= 11 is 0. The molecule has 0 aliphatic carbocycles. The monoisotopic (exact) mass is 612 g/mol. The van der Waals surface area contributed by atoms with Crippen LogP contribution in [-0.4, -0.2) is 82.1 Å². The number of aliphatic hydroxyl groups is 2. The summed E-state index contributed by atoms with van der Waals surface area (Å²) in [6.45, 7) is 2.02. The molecule has 43 heavy (non-hydrogen) atoms. The second kappa shape index (κ2) is 12.2. The van der Waals surface area contributed by atoms with E-state index in [9.17, 15) is 28.2 Å². The molecule has 5 rings (SSSR count). The molecule has 226 valence electrons. The summed E-state index contributed by atoms with van der Waals surface area (Å²) < 4.78 is 40.0. The number of ether oxygens (including phenoxy) is 2. The number of likely N-dealkylation sites (N-methyl/N-ethyl adjacent to an activating group) is 1. The standard InChI is InChI=1S/C26H28N8O8S/c1-3-27-24(37)21-19(35)20(36)25(42-21)34-13-30-18-22(28-12-29-23(18)34)32-26(38)31-14-6-10-17(11-7-14)43(39,40)33-15-4-8-16(41-2)9-5-15/h4-13,19-21,25,33,35-36H,3H2,1-2H3,(H,27,37)(H2,28,29,31,32,38)/t19?,20-,21-,25+/m0/s1. The van der Waals surface area contributed by atoms with Gasteiger partial charge < -0.3 is 30.3 Å². The second-order valence-corrected chi connectivity index (χ2v) is 11.0. The number of hydrogen-bond acceptors (Lipinski definition) is 11. The van der Waals surface area contributed by atoms with E-state index < -0.39 is 46.5 Å². The number of aromatic nitrogens is 4. The minimum Gasteiger partial charge on any atom is -0.497 e. The highest BCUT2D eigenvalue weighted by atomic mass is 32.2. The topological polar surface area (TPSA) is 219 Å². The molecule has 0 saturated carbocycles. The van der Waals surface area contributed by atoms with E-state index in [2.05, 4.69) is 35.6 Å². The van der Waals surface area contributed by atoms with Gasteiger partial charge in [-0.1, -0.05) is 0 Å². The molecule has 1 aliphatic heterocycles. The van der Waals surface area contributed by atoms with Crippen molar-refractivity contribution in [1.82, 2.24) is 24.8 Å². The van der Waals surface area contributed by atoms with Gasteiger partial charge in [-0.2, -0.15) is 0 Å². The molecule has 2 aromatic heterocycles. The molecule has 1 fully saturated rings. The lowest BCUT2D eigenvalue weighted by Crippen LogP contribution is -2.42. The summed E-state index contributed by atoms with van der Waals surface area (Å²) in [6.07, 6.45) is -3.00. The molecular weight excluding hydrogens is 584 g/mol. The SMILES string of the molecule is CCNC(=O)[C@H]1O[C@@H](n2cnc3c(NC(=O)Nc4ccc(S(=O)(=O)Nc5ccc(OC)cc5)cc4)ncnc32)[C@@H](O)C1O. The van der Waals surface area contributed by atoms with Crippen LogP contribution in [0.3, 0.4) is 0 Å². The van der Waals surface area contributed by atoms with Crippen molar-refractivity contribution in [3.05, 3.63) is 61.2 Å². The van der Waals surface area contributed by atoms with Gasteiger partial charge in [-0.3, -0.25) is 19.4 Å². The van der Waals surface area contributed by atoms with Crippen LogP contribution in [0.4, 0.5) is 22.0 Å². The van der Waals surface area contributed by atoms with E-state index in [0.717, 1.165) is 6.33 Å². The lowest BCUT2D eigenvalue weighted by atomic mass is 10.1. The van der Waals surface area contributed by atoms with Crippen LogP contribution >= 0.6 is 0 Å². The van der Waals surface area contributed by atoms with Crippen LogP contribution in [0.5, 0.6) is 5.75 Å². The van der Waals surface area contributed by atoms with E-state index in [-0.39, 0.29) is 21.9 Å². The average Bonchev–Trinajstić information content (AvgIpc) is 3.55. The molecule has 1 unspecified atom stereocenters. The number of urea groups is 1. The number of carbonyl (C=O) groups excluding carboxylic acids is 2. The Morgan fingerprint density at radius 2 is 1.67 bits per heavy atom. The highest BCUT2D eigenvalue weighted by Gasteiger charge is 2.47. The van der Waals surface area contributed by atoms with Crippen LogP contribution in [0.25, 0.3) is 11.2 Å². The Morgan fingerprint density at radius 1 is 0.977 bits per heavy atom. The molecule has 1 aliphatic rings. The zero-order valence-electron chi connectivity index (χ0n) is 22.8. The fourth-order valence-corrected chi connectivity index (χ4v) is 5.43. The normalized spacial score (nSPS) is 20.0. The molecule has 0 radical (unpaired) electrons. The van der Waals surface area contributed by atoms with Crippen LogP contribution in [0.1, 0.15) is 13.2 Å². The zero-order chi connectivity index (χ0) is 30.7. The van der Waals surface area contributed by atoms with Gasteiger partial charge in [0.1, 0.15) is 24.3 Å². The molecule has 17 heteroatoms. The van der Waals surface area contributed by atoms with Gasteiger partial charge in [0, 0.05) is 17.9 Å². The lowest BCUT2D eigenvalue weighted by Gasteiger charge is -2.16. The third-order valence-corrected chi connectivity index (χ3v) is 7.87. The van der Waals surface area contributed by atoms with Crippen LogP contribution in [-0.2, 0) is 19.6 Å². The first-order valence-electron chi connectivity index (χ1n) is 12.9. The Balaban J connectivity index is 1.26. The molecule has 1 saturated heterocycles. The number of benzene rings is 2. The number of anilines is 3. The van der Waals surface area contributed by atoms with Crippen LogP contribution in [0.2, 0.25) is 0 Å². The predicted octanol–water partition coefficient (Wildman–Crippen LogP) is 1.03. The summed E-state index contributed by atoms with van der Waals surface area (Å²) in [5.74, 6) is 0.0341. The summed E-state index contributed by atoms with van der Waals surface area (Å²) in [5.41, 5.74) is 0.963. The quantitative estimate of drug-likeness (QED) is 0.157. The zero-order valence-corrected chi connectivity index (χ0v) is 23.6. The van der Waals surface area contributed by atoms with Crippen LogP contribution < -0.4 is 25.4 Å². The number of carbonyl (C=O) groups is 2. The van der Waals surface area contributed by atoms with Gasteiger partial charge in [-0.25, -0.2) is 28.2 Å². The number of methoxy groups -OCH3 is 1. The first-order chi connectivity index (χ1) is 20.6. The maximum atomic E-state index is 12.7. The minimum atomic E-state index is -3.89. The number of nitrogens with one attached hydrogen (secondary N) is 4. The number of amides is 3. The van der Waals surface area contributed by atoms with Crippen molar-refractivity contribution in [2.45, 2.75) is 36.4 Å². The van der Waals surface area contributed by atoms with Gasteiger partial charge in [0.15, 0.2) is 29.3 Å². The molecular formula is C26H28N8O8S. The lowest BCUT2D eigenvalue weighted by molar-refractivity contribution is -0.137. The maximum absolute atomic E-state index is 12.7. The summed E-state index contributed by atoms with van der Waals surface area (Å²) in [7, 11) is -2.38. The average molecular weight is 613 g/mol. The Morgan fingerprint density at radius 3 is 2.35 bits per heavy atom. The van der Waals surface area contributed by atoms with E-state index in [1.54, 1.807) is 31.2 Å². The van der Waals surface area contributed by atoms with Gasteiger partial charge in [0.05, 0.1) is 18.3 Å². The van der Waals surface area contributed by atoms with Gasteiger partial charge >= 0.3 is 6.03 Å². The molecule has 2 aromatic carbocycles. The van der Waals surface area contributed by atoms with Crippen molar-refractivity contribution < 1.29 is 37.7 Å². The molecule has 4 atom stereocenters. The van der Waals surface area contributed by atoms with Crippen LogP contribution in [0.15, 0.2) is 66.1 Å². The van der Waals surface area contributed by atoms with Crippen molar-refractivity contribution in [2.75, 3.05) is 29.0 Å². The molecule has 6 N–H and O–H groups in total. The minimum absolute atomic E-state index is 0.0202. The highest BCUT2D eigenvalue weighted by molar-refractivity contribution is 7.92. The molecule has 3 amide bonds. The summed E-state index contributed by atoms with van der Waals surface area (Å²) in [4.78, 5) is 37.4. The number of sulfonamides is 1. The largest absolute Gasteiger partial charge is 0.497 e. The van der Waals surface area contributed by atoms with Crippen molar-refractivity contribution in [1.29, 1.82) is 0 Å². The highest BCUT2D eigenvalue weighted by Crippen LogP contribution is 2.32. The van der Waals surface area contributed by atoms with Crippen molar-refractivity contribution in [3.8, 4) is 5.75 Å². The van der Waals surface area contributed by atoms with Gasteiger partial charge in [-0.05, 0) is 55.5 Å². The van der Waals surface area contributed by atoms with E-state index in [1.807, 2.05) is 0 Å². The number of hydrogen-bond donors (Lipinski definition) is 6. The van der Waals surface area contributed by atoms with Gasteiger partial charge in [0.2, 0.25) is 0 Å². The molecule has 0 bridgehead atoms. The fourth-order valence-electron chi connectivity index (χ4n) is 4.37. The Hall–Kier alpha value is -4.84. The number of nitrogens with zero attached hydrogens (tertiary/aromatic N) is 4. The first-order valence-corrected chi connectivity index (χ1v) is 14.4. The van der Waals surface area contributed by atoms with Crippen LogP contribution in [0, 0.1) is 0 Å². The molecule has 4 aromatic rings. The summed E-state index contributed by atoms with van der Waals surface area (Å²) in [5, 5.41) is 28.6. The number of fused-ring (bicyclic) bond motifs is 1. The number of imidazole rings is 1. The predicted molar refractivity (Wildman–Crippen MR) is 153 cm³/mol. The smallest absolute Gasteiger partial charge is 0.324 e. The molecule has 0 spiro atoms. The number of aliphatic hydroxyl groups excluding tert-OH is 2. The van der Waals surface area contributed by atoms with E-state index in [1.165, 1.54) is 42.3 Å². The second-order valence-electron chi connectivity index (χ2n) is 9.31. The van der Waals surface area contributed by atoms with Crippen molar-refractivity contribution in [3.63, 3.8) is 0 Å². The van der Waals surface area contributed by atoms with E-state index >= 15 is 0 Å². The Kier molecular flexibility index (Phi) is 8.40. The van der Waals surface area contributed by atoms with E-state index in [0.29, 0.717) is 23.7 Å². The molecule has 16 nitrogen and oxygen atoms in total. The third-order valence-electron chi connectivity index (χ3n) is 6.48. The maximum Gasteiger partial charge on any atom is 0.324 e. The fraction of sp³-hybridized carbons (Fsp3) is 0.269. The first kappa shape index (κ1) is 29.6.